The molecule has 0 unspecified atom stereocenters. The molecular weight excluding hydrogens is 358 g/mol. The highest BCUT2D eigenvalue weighted by Crippen LogP contribution is 2.39. The van der Waals surface area contributed by atoms with E-state index in [-0.39, 0.29) is 30.5 Å². The lowest BCUT2D eigenvalue weighted by atomic mass is 9.81. The van der Waals surface area contributed by atoms with Gasteiger partial charge in [-0.05, 0) is 18.4 Å². The van der Waals surface area contributed by atoms with E-state index in [1.807, 2.05) is 30.3 Å². The maximum Gasteiger partial charge on any atom is 0.327 e. The number of carbonyl (C=O) groups excluding carboxylic acids is 3. The molecule has 28 heavy (non-hydrogen) atoms. The molecule has 2 heterocycles. The van der Waals surface area contributed by atoms with Gasteiger partial charge in [0.05, 0.1) is 13.2 Å². The van der Waals surface area contributed by atoms with Crippen LogP contribution in [0, 0.1) is 0 Å². The van der Waals surface area contributed by atoms with Gasteiger partial charge in [0.15, 0.2) is 0 Å². The Labute approximate surface area is 165 Å². The molecule has 0 radical (unpaired) electrons. The zero-order valence-corrected chi connectivity index (χ0v) is 16.3. The van der Waals surface area contributed by atoms with E-state index in [9.17, 15) is 14.4 Å². The van der Waals surface area contributed by atoms with Crippen molar-refractivity contribution in [2.75, 3.05) is 33.3 Å². The van der Waals surface area contributed by atoms with Crippen LogP contribution in [0.15, 0.2) is 30.3 Å². The fraction of sp³-hybridized carbons (Fsp3) is 0.571. The molecule has 0 aromatic heterocycles. The number of carbonyl (C=O) groups is 3. The second-order valence-electron chi connectivity index (χ2n) is 7.94. The Kier molecular flexibility index (Phi) is 5.10. The molecule has 1 spiro atoms. The predicted octanol–water partition coefficient (Wildman–Crippen LogP) is 2.18. The molecule has 4 rings (SSSR count). The van der Waals surface area contributed by atoms with Crippen LogP contribution in [0.1, 0.15) is 43.8 Å². The van der Waals surface area contributed by atoms with Crippen LogP contribution in [0.4, 0.5) is 4.79 Å². The lowest BCUT2D eigenvalue weighted by Gasteiger charge is -2.36. The third-order valence-electron chi connectivity index (χ3n) is 6.37. The lowest BCUT2D eigenvalue weighted by Crippen LogP contribution is -2.50. The summed E-state index contributed by atoms with van der Waals surface area (Å²) in [6.07, 6.45) is 4.15. The Bertz CT molecular complexity index is 760. The number of ether oxygens (including phenoxy) is 1. The topological polar surface area (TPSA) is 70.2 Å². The van der Waals surface area contributed by atoms with Gasteiger partial charge in [0.2, 0.25) is 5.91 Å². The quantitative estimate of drug-likeness (QED) is 0.748. The number of rotatable bonds is 3. The summed E-state index contributed by atoms with van der Waals surface area (Å²) < 4.78 is 5.81. The summed E-state index contributed by atoms with van der Waals surface area (Å²) in [5.41, 5.74) is 0.280. The smallest absolute Gasteiger partial charge is 0.327 e. The number of urea groups is 1. The molecule has 1 atom stereocenters. The standard InChI is InChI=1S/C21H27N3O4/c1-22-20(27)24(19(26)21(22)10-6-3-7-11-21)15-18(25)23-12-13-28-17(14-23)16-8-4-2-5-9-16/h2,4-5,8-9,17H,3,6-7,10-15H2,1H3/t17-/m0/s1. The van der Waals surface area contributed by atoms with Gasteiger partial charge in [-0.25, -0.2) is 4.79 Å². The molecule has 2 saturated heterocycles. The van der Waals surface area contributed by atoms with Gasteiger partial charge in [0.25, 0.3) is 5.91 Å². The third-order valence-corrected chi connectivity index (χ3v) is 6.37. The number of hydrogen-bond acceptors (Lipinski definition) is 4. The molecule has 0 bridgehead atoms. The van der Waals surface area contributed by atoms with Crippen LogP contribution in [-0.2, 0) is 14.3 Å². The maximum atomic E-state index is 13.1. The number of morpholine rings is 1. The molecular formula is C21H27N3O4. The molecule has 1 aromatic carbocycles. The van der Waals surface area contributed by atoms with Gasteiger partial charge in [-0.15, -0.1) is 0 Å². The van der Waals surface area contributed by atoms with E-state index in [4.69, 9.17) is 4.74 Å². The number of hydrogen-bond donors (Lipinski definition) is 0. The zero-order chi connectivity index (χ0) is 19.7. The van der Waals surface area contributed by atoms with E-state index in [2.05, 4.69) is 0 Å². The minimum atomic E-state index is -0.743. The van der Waals surface area contributed by atoms with E-state index >= 15 is 0 Å². The average Bonchev–Trinajstić information content (AvgIpc) is 2.91. The molecule has 150 valence electrons. The first-order chi connectivity index (χ1) is 13.5. The van der Waals surface area contributed by atoms with Crippen LogP contribution in [0.3, 0.4) is 0 Å². The predicted molar refractivity (Wildman–Crippen MR) is 102 cm³/mol. The lowest BCUT2D eigenvalue weighted by molar-refractivity contribution is -0.144. The second kappa shape index (κ2) is 7.54. The van der Waals surface area contributed by atoms with Crippen molar-refractivity contribution in [1.82, 2.24) is 14.7 Å². The van der Waals surface area contributed by atoms with Crippen molar-refractivity contribution in [2.45, 2.75) is 43.7 Å². The summed E-state index contributed by atoms with van der Waals surface area (Å²) in [5, 5.41) is 0. The zero-order valence-electron chi connectivity index (χ0n) is 16.3. The summed E-state index contributed by atoms with van der Waals surface area (Å²) in [6.45, 7) is 1.15. The third kappa shape index (κ3) is 3.17. The van der Waals surface area contributed by atoms with Crippen LogP contribution in [-0.4, -0.2) is 71.4 Å². The fourth-order valence-electron chi connectivity index (χ4n) is 4.65. The minimum absolute atomic E-state index is 0.184. The Morgan fingerprint density at radius 1 is 1.14 bits per heavy atom. The van der Waals surface area contributed by atoms with E-state index in [1.165, 1.54) is 0 Å². The van der Waals surface area contributed by atoms with Crippen LogP contribution < -0.4 is 0 Å². The van der Waals surface area contributed by atoms with E-state index in [1.54, 1.807) is 16.8 Å². The Morgan fingerprint density at radius 2 is 1.86 bits per heavy atom. The monoisotopic (exact) mass is 385 g/mol. The van der Waals surface area contributed by atoms with Gasteiger partial charge in [0, 0.05) is 13.6 Å². The van der Waals surface area contributed by atoms with Crippen molar-refractivity contribution in [3.63, 3.8) is 0 Å². The SMILES string of the molecule is CN1C(=O)N(CC(=O)N2CCO[C@H](c3ccccc3)C2)C(=O)C12CCCCC2. The summed E-state index contributed by atoms with van der Waals surface area (Å²) >= 11 is 0. The number of benzene rings is 1. The number of amides is 4. The van der Waals surface area contributed by atoms with Crippen molar-refractivity contribution in [3.05, 3.63) is 35.9 Å². The first kappa shape index (κ1) is 18.9. The molecule has 2 aliphatic heterocycles. The maximum absolute atomic E-state index is 13.1. The Hall–Kier alpha value is -2.41. The second-order valence-corrected chi connectivity index (χ2v) is 7.94. The normalized spacial score (nSPS) is 24.9. The van der Waals surface area contributed by atoms with Gasteiger partial charge in [-0.2, -0.15) is 0 Å². The Morgan fingerprint density at radius 3 is 2.57 bits per heavy atom. The first-order valence-electron chi connectivity index (χ1n) is 10.1. The van der Waals surface area contributed by atoms with Gasteiger partial charge in [-0.1, -0.05) is 49.6 Å². The average molecular weight is 385 g/mol. The van der Waals surface area contributed by atoms with Crippen LogP contribution in [0.2, 0.25) is 0 Å². The van der Waals surface area contributed by atoms with Gasteiger partial charge in [0.1, 0.15) is 18.2 Å². The summed E-state index contributed by atoms with van der Waals surface area (Å²) in [6, 6.07) is 9.44. The summed E-state index contributed by atoms with van der Waals surface area (Å²) in [7, 11) is 1.69. The van der Waals surface area contributed by atoms with Crippen molar-refractivity contribution >= 4 is 17.8 Å². The van der Waals surface area contributed by atoms with Gasteiger partial charge in [-0.3, -0.25) is 14.5 Å². The largest absolute Gasteiger partial charge is 0.370 e. The van der Waals surface area contributed by atoms with Crippen molar-refractivity contribution in [2.24, 2.45) is 0 Å². The number of nitrogens with zero attached hydrogens (tertiary/aromatic N) is 3. The molecule has 3 aliphatic rings. The summed E-state index contributed by atoms with van der Waals surface area (Å²) in [5.74, 6) is -0.409. The van der Waals surface area contributed by atoms with Gasteiger partial charge < -0.3 is 14.5 Å². The summed E-state index contributed by atoms with van der Waals surface area (Å²) in [4.78, 5) is 43.1. The molecule has 1 aliphatic carbocycles. The highest BCUT2D eigenvalue weighted by Gasteiger charge is 2.56. The molecule has 1 saturated carbocycles. The van der Waals surface area contributed by atoms with Crippen LogP contribution in [0.5, 0.6) is 0 Å². The molecule has 7 heteroatoms. The number of imide groups is 1. The molecule has 0 N–H and O–H groups in total. The Balaban J connectivity index is 1.44. The van der Waals surface area contributed by atoms with Crippen molar-refractivity contribution < 1.29 is 19.1 Å². The highest BCUT2D eigenvalue weighted by atomic mass is 16.5. The van der Waals surface area contributed by atoms with E-state index < -0.39 is 5.54 Å². The van der Waals surface area contributed by atoms with E-state index in [0.29, 0.717) is 32.5 Å². The van der Waals surface area contributed by atoms with Crippen LogP contribution in [0.25, 0.3) is 0 Å². The fourth-order valence-corrected chi connectivity index (χ4v) is 4.65. The molecule has 3 fully saturated rings. The molecule has 1 aromatic rings. The molecule has 4 amide bonds. The van der Waals surface area contributed by atoms with Gasteiger partial charge >= 0.3 is 6.03 Å². The minimum Gasteiger partial charge on any atom is -0.370 e. The van der Waals surface area contributed by atoms with Crippen molar-refractivity contribution in [3.8, 4) is 0 Å². The molecule has 7 nitrogen and oxygen atoms in total. The number of likely N-dealkylation sites (N-methyl/N-ethyl adjacent to an activating group) is 1. The first-order valence-corrected chi connectivity index (χ1v) is 10.1. The van der Waals surface area contributed by atoms with Crippen molar-refractivity contribution in [1.29, 1.82) is 0 Å². The van der Waals surface area contributed by atoms with Crippen LogP contribution >= 0.6 is 0 Å². The highest BCUT2D eigenvalue weighted by molar-refractivity contribution is 6.08. The van der Waals surface area contributed by atoms with E-state index in [0.717, 1.165) is 29.7 Å².